The molecule has 1 aromatic carbocycles. The van der Waals surface area contributed by atoms with Crippen LogP contribution in [0.5, 0.6) is 11.5 Å². The lowest BCUT2D eigenvalue weighted by atomic mass is 10.1. The minimum atomic E-state index is -0.264. The van der Waals surface area contributed by atoms with E-state index in [4.69, 9.17) is 9.47 Å². The topological polar surface area (TPSA) is 89.1 Å². The van der Waals surface area contributed by atoms with E-state index in [0.717, 1.165) is 17.7 Å². The van der Waals surface area contributed by atoms with E-state index in [1.54, 1.807) is 13.2 Å². The Bertz CT molecular complexity index is 639. The van der Waals surface area contributed by atoms with Crippen molar-refractivity contribution in [2.75, 3.05) is 12.4 Å². The molecule has 0 saturated heterocycles. The number of carbonyl (C=O) groups is 1. The van der Waals surface area contributed by atoms with Crippen molar-refractivity contribution in [3.05, 3.63) is 29.5 Å². The summed E-state index contributed by atoms with van der Waals surface area (Å²) in [5, 5.41) is 12.5. The van der Waals surface area contributed by atoms with Crippen LogP contribution in [-0.4, -0.2) is 34.5 Å². The second-order valence-corrected chi connectivity index (χ2v) is 4.61. The Balaban J connectivity index is 1.91. The molecule has 3 rings (SSSR count). The Morgan fingerprint density at radius 2 is 2.40 bits per heavy atom. The Kier molecular flexibility index (Phi) is 3.02. The van der Waals surface area contributed by atoms with E-state index in [2.05, 4.69) is 20.7 Å². The van der Waals surface area contributed by atoms with Gasteiger partial charge in [-0.3, -0.25) is 4.79 Å². The Hall–Kier alpha value is -2.57. The van der Waals surface area contributed by atoms with Gasteiger partial charge in [-0.15, -0.1) is 5.10 Å². The first-order valence-electron chi connectivity index (χ1n) is 6.22. The van der Waals surface area contributed by atoms with E-state index in [1.807, 2.05) is 13.0 Å². The fraction of sp³-hybridized carbons (Fsp3) is 0.308. The summed E-state index contributed by atoms with van der Waals surface area (Å²) < 4.78 is 11.0. The Morgan fingerprint density at radius 3 is 3.10 bits per heavy atom. The van der Waals surface area contributed by atoms with Crippen LogP contribution in [0.1, 0.15) is 22.8 Å². The van der Waals surface area contributed by atoms with Crippen LogP contribution in [0.3, 0.4) is 0 Å². The quantitative estimate of drug-likeness (QED) is 0.882. The van der Waals surface area contributed by atoms with Gasteiger partial charge in [-0.25, -0.2) is 0 Å². The fourth-order valence-electron chi connectivity index (χ4n) is 2.23. The average molecular weight is 274 g/mol. The zero-order chi connectivity index (χ0) is 14.1. The van der Waals surface area contributed by atoms with Gasteiger partial charge in [0.2, 0.25) is 0 Å². The monoisotopic (exact) mass is 274 g/mol. The number of H-pyrrole nitrogens is 1. The van der Waals surface area contributed by atoms with Gasteiger partial charge in [0.05, 0.1) is 13.3 Å². The van der Waals surface area contributed by atoms with Gasteiger partial charge in [-0.2, -0.15) is 10.3 Å². The number of aromatic nitrogens is 3. The molecule has 7 heteroatoms. The number of anilines is 1. The summed E-state index contributed by atoms with van der Waals surface area (Å²) >= 11 is 0. The van der Waals surface area contributed by atoms with E-state index >= 15 is 0 Å². The summed E-state index contributed by atoms with van der Waals surface area (Å²) in [5.74, 6) is 1.40. The molecule has 7 nitrogen and oxygen atoms in total. The maximum atomic E-state index is 12.2. The van der Waals surface area contributed by atoms with Crippen molar-refractivity contribution < 1.29 is 14.3 Å². The second-order valence-electron chi connectivity index (χ2n) is 4.61. The summed E-state index contributed by atoms with van der Waals surface area (Å²) in [4.78, 5) is 12.2. The standard InChI is InChI=1S/C13H14N4O3/c1-7-3-8-4-9(5-10(19-2)12(8)20-7)13(18)15-11-6-14-17-16-11/h4-7H,3H2,1-2H3,(H2,14,15,16,17,18). The highest BCUT2D eigenvalue weighted by Crippen LogP contribution is 2.39. The third-order valence-electron chi connectivity index (χ3n) is 3.10. The zero-order valence-corrected chi connectivity index (χ0v) is 11.1. The number of hydrogen-bond donors (Lipinski definition) is 2. The summed E-state index contributed by atoms with van der Waals surface area (Å²) in [6.45, 7) is 1.98. The van der Waals surface area contributed by atoms with Crippen LogP contribution < -0.4 is 14.8 Å². The van der Waals surface area contributed by atoms with Crippen molar-refractivity contribution in [1.82, 2.24) is 15.4 Å². The third kappa shape index (κ3) is 2.18. The van der Waals surface area contributed by atoms with Crippen LogP contribution in [0.25, 0.3) is 0 Å². The van der Waals surface area contributed by atoms with Gasteiger partial charge in [-0.1, -0.05) is 0 Å². The van der Waals surface area contributed by atoms with Gasteiger partial charge in [-0.05, 0) is 19.1 Å². The van der Waals surface area contributed by atoms with Gasteiger partial charge in [0, 0.05) is 17.5 Å². The van der Waals surface area contributed by atoms with E-state index < -0.39 is 0 Å². The molecule has 1 amide bonds. The number of carbonyl (C=O) groups excluding carboxylic acids is 1. The number of aromatic amines is 1. The van der Waals surface area contributed by atoms with Gasteiger partial charge < -0.3 is 14.8 Å². The highest BCUT2D eigenvalue weighted by atomic mass is 16.5. The molecule has 1 atom stereocenters. The lowest BCUT2D eigenvalue weighted by Crippen LogP contribution is -2.12. The first-order chi connectivity index (χ1) is 9.67. The van der Waals surface area contributed by atoms with Crippen LogP contribution in [0, 0.1) is 0 Å². The van der Waals surface area contributed by atoms with E-state index in [0.29, 0.717) is 17.1 Å². The average Bonchev–Trinajstić information content (AvgIpc) is 3.05. The molecule has 0 saturated carbocycles. The fourth-order valence-corrected chi connectivity index (χ4v) is 2.23. The molecule has 20 heavy (non-hydrogen) atoms. The predicted molar refractivity (Wildman–Crippen MR) is 71.1 cm³/mol. The molecule has 1 unspecified atom stereocenters. The molecular formula is C13H14N4O3. The summed E-state index contributed by atoms with van der Waals surface area (Å²) in [6.07, 6.45) is 2.29. The number of hydrogen-bond acceptors (Lipinski definition) is 5. The third-order valence-corrected chi connectivity index (χ3v) is 3.10. The summed E-state index contributed by atoms with van der Waals surface area (Å²) in [7, 11) is 1.56. The van der Waals surface area contributed by atoms with E-state index in [-0.39, 0.29) is 12.0 Å². The highest BCUT2D eigenvalue weighted by molar-refractivity contribution is 6.04. The van der Waals surface area contributed by atoms with Gasteiger partial charge >= 0.3 is 0 Å². The molecule has 1 aliphatic heterocycles. The number of fused-ring (bicyclic) bond motifs is 1. The van der Waals surface area contributed by atoms with Crippen LogP contribution in [0.4, 0.5) is 5.82 Å². The van der Waals surface area contributed by atoms with Crippen molar-refractivity contribution in [3.8, 4) is 11.5 Å². The normalized spacial score (nSPS) is 16.4. The van der Waals surface area contributed by atoms with Gasteiger partial charge in [0.15, 0.2) is 17.3 Å². The molecule has 0 aliphatic carbocycles. The summed E-state index contributed by atoms with van der Waals surface area (Å²) in [5.41, 5.74) is 1.48. The van der Waals surface area contributed by atoms with Crippen LogP contribution in [0.2, 0.25) is 0 Å². The van der Waals surface area contributed by atoms with Crippen molar-refractivity contribution >= 4 is 11.7 Å². The number of methoxy groups -OCH3 is 1. The first kappa shape index (κ1) is 12.5. The summed E-state index contributed by atoms with van der Waals surface area (Å²) in [6, 6.07) is 3.48. The first-order valence-corrected chi connectivity index (χ1v) is 6.22. The van der Waals surface area contributed by atoms with Gasteiger partial charge in [0.25, 0.3) is 5.91 Å². The smallest absolute Gasteiger partial charge is 0.257 e. The lowest BCUT2D eigenvalue weighted by molar-refractivity contribution is 0.102. The number of rotatable bonds is 3. The largest absolute Gasteiger partial charge is 0.493 e. The predicted octanol–water partition coefficient (Wildman–Crippen LogP) is 1.39. The van der Waals surface area contributed by atoms with Gasteiger partial charge in [0.1, 0.15) is 6.10 Å². The molecule has 1 aromatic heterocycles. The number of benzene rings is 1. The number of ether oxygens (including phenoxy) is 2. The zero-order valence-electron chi connectivity index (χ0n) is 11.1. The van der Waals surface area contributed by atoms with Crippen LogP contribution >= 0.6 is 0 Å². The number of nitrogens with one attached hydrogen (secondary N) is 2. The SMILES string of the molecule is COc1cc(C(=O)Nc2cn[nH]n2)cc2c1OC(C)C2. The number of amides is 1. The molecule has 104 valence electrons. The molecular weight excluding hydrogens is 260 g/mol. The maximum Gasteiger partial charge on any atom is 0.257 e. The van der Waals surface area contributed by atoms with Crippen molar-refractivity contribution in [3.63, 3.8) is 0 Å². The minimum Gasteiger partial charge on any atom is -0.493 e. The van der Waals surface area contributed by atoms with Crippen LogP contribution in [0.15, 0.2) is 18.3 Å². The molecule has 0 fully saturated rings. The lowest BCUT2D eigenvalue weighted by Gasteiger charge is -2.10. The molecule has 2 aromatic rings. The Labute approximate surface area is 115 Å². The van der Waals surface area contributed by atoms with E-state index in [9.17, 15) is 4.79 Å². The molecule has 1 aliphatic rings. The maximum absolute atomic E-state index is 12.2. The van der Waals surface area contributed by atoms with E-state index in [1.165, 1.54) is 6.20 Å². The molecule has 2 N–H and O–H groups in total. The minimum absolute atomic E-state index is 0.0905. The Morgan fingerprint density at radius 1 is 1.55 bits per heavy atom. The highest BCUT2D eigenvalue weighted by Gasteiger charge is 2.25. The molecule has 0 bridgehead atoms. The van der Waals surface area contributed by atoms with Crippen molar-refractivity contribution in [2.45, 2.75) is 19.4 Å². The second kappa shape index (κ2) is 4.84. The number of nitrogens with zero attached hydrogens (tertiary/aromatic N) is 2. The van der Waals surface area contributed by atoms with Crippen LogP contribution in [-0.2, 0) is 6.42 Å². The molecule has 0 radical (unpaired) electrons. The molecule has 2 heterocycles. The van der Waals surface area contributed by atoms with Crippen molar-refractivity contribution in [2.24, 2.45) is 0 Å². The molecule has 0 spiro atoms. The van der Waals surface area contributed by atoms with Crippen molar-refractivity contribution in [1.29, 1.82) is 0 Å².